The fourth-order valence-corrected chi connectivity index (χ4v) is 2.97. The van der Waals surface area contributed by atoms with E-state index < -0.39 is 6.04 Å². The molecule has 1 fully saturated rings. The van der Waals surface area contributed by atoms with E-state index in [0.29, 0.717) is 5.69 Å². The van der Waals surface area contributed by atoms with Crippen molar-refractivity contribution in [3.05, 3.63) is 27.1 Å². The van der Waals surface area contributed by atoms with E-state index >= 15 is 0 Å². The smallest absolute Gasteiger partial charge is 0.247 e. The average molecular weight is 390 g/mol. The number of anilines is 1. The van der Waals surface area contributed by atoms with E-state index in [-0.39, 0.29) is 24.3 Å². The minimum atomic E-state index is -0.480. The first kappa shape index (κ1) is 14.5. The fourth-order valence-electron chi connectivity index (χ4n) is 2.18. The van der Waals surface area contributed by atoms with Crippen LogP contribution in [0.1, 0.15) is 13.8 Å². The quantitative estimate of drug-likeness (QED) is 0.845. The predicted octanol–water partition coefficient (Wildman–Crippen LogP) is 2.70. The lowest BCUT2D eigenvalue weighted by Gasteiger charge is -2.37. The van der Waals surface area contributed by atoms with Crippen molar-refractivity contribution in [1.29, 1.82) is 0 Å². The van der Waals surface area contributed by atoms with Crippen LogP contribution in [0.2, 0.25) is 0 Å². The predicted molar refractivity (Wildman–Crippen MR) is 81.0 cm³/mol. The van der Waals surface area contributed by atoms with Crippen molar-refractivity contribution in [2.24, 2.45) is 5.92 Å². The van der Waals surface area contributed by atoms with Gasteiger partial charge in [0.1, 0.15) is 6.04 Å². The Hall–Kier alpha value is -0.880. The van der Waals surface area contributed by atoms with Crippen molar-refractivity contribution in [3.63, 3.8) is 0 Å². The number of nitrogens with one attached hydrogen (secondary N) is 1. The van der Waals surface area contributed by atoms with Gasteiger partial charge in [-0.25, -0.2) is 0 Å². The van der Waals surface area contributed by atoms with Crippen molar-refractivity contribution in [2.45, 2.75) is 19.9 Å². The van der Waals surface area contributed by atoms with Crippen LogP contribution in [0.4, 0.5) is 5.69 Å². The number of benzene rings is 1. The molecule has 0 radical (unpaired) electrons. The van der Waals surface area contributed by atoms with Crippen LogP contribution in [0.5, 0.6) is 0 Å². The molecule has 1 aliphatic heterocycles. The molecule has 1 unspecified atom stereocenters. The van der Waals surface area contributed by atoms with Crippen LogP contribution in [-0.4, -0.2) is 24.4 Å². The summed E-state index contributed by atoms with van der Waals surface area (Å²) in [5.74, 6) is -0.172. The van der Waals surface area contributed by atoms with Crippen molar-refractivity contribution in [2.75, 3.05) is 11.4 Å². The molecule has 0 bridgehead atoms. The Morgan fingerprint density at radius 2 is 2.00 bits per heavy atom. The molecule has 0 saturated carbocycles. The molecule has 0 spiro atoms. The van der Waals surface area contributed by atoms with E-state index in [9.17, 15) is 9.59 Å². The summed E-state index contributed by atoms with van der Waals surface area (Å²) in [6, 6.07) is 5.10. The Bertz CT molecular complexity index is 531. The van der Waals surface area contributed by atoms with Crippen molar-refractivity contribution in [3.8, 4) is 0 Å². The zero-order valence-electron chi connectivity index (χ0n) is 10.6. The highest BCUT2D eigenvalue weighted by molar-refractivity contribution is 9.11. The van der Waals surface area contributed by atoms with Gasteiger partial charge in [0, 0.05) is 8.95 Å². The van der Waals surface area contributed by atoms with Crippen molar-refractivity contribution < 1.29 is 9.59 Å². The lowest BCUT2D eigenvalue weighted by molar-refractivity contribution is -0.131. The van der Waals surface area contributed by atoms with E-state index in [1.165, 1.54) is 0 Å². The van der Waals surface area contributed by atoms with Gasteiger partial charge in [0.2, 0.25) is 11.8 Å². The normalized spacial score (nSPS) is 19.8. The molecule has 2 rings (SSSR count). The molecule has 4 nitrogen and oxygen atoms in total. The molecule has 6 heteroatoms. The molecule has 1 atom stereocenters. The maximum absolute atomic E-state index is 12.2. The summed E-state index contributed by atoms with van der Waals surface area (Å²) >= 11 is 6.84. The third kappa shape index (κ3) is 2.84. The Kier molecular flexibility index (Phi) is 4.30. The summed E-state index contributed by atoms with van der Waals surface area (Å²) in [6.07, 6.45) is 0. The molecule has 102 valence electrons. The van der Waals surface area contributed by atoms with Crippen LogP contribution in [0, 0.1) is 5.92 Å². The molecule has 1 heterocycles. The van der Waals surface area contributed by atoms with Crippen LogP contribution < -0.4 is 10.2 Å². The number of piperazine rings is 1. The second kappa shape index (κ2) is 5.63. The Morgan fingerprint density at radius 3 is 2.63 bits per heavy atom. The molecular weight excluding hydrogens is 376 g/mol. The molecule has 1 aromatic rings. The average Bonchev–Trinajstić information content (AvgIpc) is 2.34. The summed E-state index contributed by atoms with van der Waals surface area (Å²) in [6.45, 7) is 3.91. The number of nitrogens with zero attached hydrogens (tertiary/aromatic N) is 1. The molecule has 0 aromatic heterocycles. The van der Waals surface area contributed by atoms with Gasteiger partial charge in [0.25, 0.3) is 0 Å². The minimum Gasteiger partial charge on any atom is -0.345 e. The first-order valence-electron chi connectivity index (χ1n) is 5.96. The first-order chi connectivity index (χ1) is 8.91. The fraction of sp³-hybridized carbons (Fsp3) is 0.385. The topological polar surface area (TPSA) is 49.4 Å². The number of hydrogen-bond donors (Lipinski definition) is 1. The summed E-state index contributed by atoms with van der Waals surface area (Å²) in [4.78, 5) is 25.8. The Balaban J connectivity index is 2.51. The van der Waals surface area contributed by atoms with Gasteiger partial charge in [-0.05, 0) is 40.0 Å². The summed E-state index contributed by atoms with van der Waals surface area (Å²) < 4.78 is 1.66. The highest BCUT2D eigenvalue weighted by atomic mass is 79.9. The molecule has 1 saturated heterocycles. The number of carbonyl (C=O) groups is 2. The van der Waals surface area contributed by atoms with Gasteiger partial charge in [-0.1, -0.05) is 29.8 Å². The molecule has 19 heavy (non-hydrogen) atoms. The van der Waals surface area contributed by atoms with Crippen LogP contribution >= 0.6 is 31.9 Å². The Labute approximate surface area is 128 Å². The van der Waals surface area contributed by atoms with Gasteiger partial charge in [0.05, 0.1) is 12.2 Å². The van der Waals surface area contributed by atoms with Gasteiger partial charge in [-0.2, -0.15) is 0 Å². The monoisotopic (exact) mass is 388 g/mol. The third-order valence-electron chi connectivity index (χ3n) is 3.03. The molecule has 1 aromatic carbocycles. The SMILES string of the molecule is CC(C)C1C(=O)NCC(=O)N1c1cc(Br)ccc1Br. The molecular formula is C13H14Br2N2O2. The minimum absolute atomic E-state index is 0.0372. The van der Waals surface area contributed by atoms with Gasteiger partial charge in [0.15, 0.2) is 0 Å². The lowest BCUT2D eigenvalue weighted by Crippen LogP contribution is -2.60. The van der Waals surface area contributed by atoms with E-state index in [1.54, 1.807) is 4.90 Å². The zero-order valence-corrected chi connectivity index (χ0v) is 13.8. The largest absolute Gasteiger partial charge is 0.345 e. The molecule has 1 aliphatic rings. The highest BCUT2D eigenvalue weighted by Crippen LogP contribution is 2.33. The van der Waals surface area contributed by atoms with Crippen molar-refractivity contribution >= 4 is 49.4 Å². The van der Waals surface area contributed by atoms with E-state index in [2.05, 4.69) is 37.2 Å². The lowest BCUT2D eigenvalue weighted by atomic mass is 9.98. The molecule has 1 N–H and O–H groups in total. The Morgan fingerprint density at radius 1 is 1.32 bits per heavy atom. The summed E-state index contributed by atoms with van der Waals surface area (Å²) in [7, 11) is 0. The summed E-state index contributed by atoms with van der Waals surface area (Å²) in [5, 5.41) is 2.64. The number of amides is 2. The first-order valence-corrected chi connectivity index (χ1v) is 7.55. The van der Waals surface area contributed by atoms with Crippen LogP contribution in [0.25, 0.3) is 0 Å². The van der Waals surface area contributed by atoms with Crippen LogP contribution in [0.15, 0.2) is 27.1 Å². The van der Waals surface area contributed by atoms with E-state index in [1.807, 2.05) is 32.0 Å². The number of carbonyl (C=O) groups excluding carboxylic acids is 2. The van der Waals surface area contributed by atoms with Gasteiger partial charge >= 0.3 is 0 Å². The van der Waals surface area contributed by atoms with Crippen LogP contribution in [-0.2, 0) is 9.59 Å². The van der Waals surface area contributed by atoms with Crippen molar-refractivity contribution in [1.82, 2.24) is 5.32 Å². The maximum atomic E-state index is 12.2. The second-order valence-corrected chi connectivity index (χ2v) is 6.54. The molecule has 2 amide bonds. The second-order valence-electron chi connectivity index (χ2n) is 4.77. The highest BCUT2D eigenvalue weighted by Gasteiger charge is 2.38. The molecule has 0 aliphatic carbocycles. The third-order valence-corrected chi connectivity index (χ3v) is 4.19. The standard InChI is InChI=1S/C13H14Br2N2O2/c1-7(2)12-13(19)16-6-11(18)17(12)10-5-8(14)3-4-9(10)15/h3-5,7,12H,6H2,1-2H3,(H,16,19). The van der Waals surface area contributed by atoms with Gasteiger partial charge < -0.3 is 5.32 Å². The van der Waals surface area contributed by atoms with Gasteiger partial charge in [-0.15, -0.1) is 0 Å². The maximum Gasteiger partial charge on any atom is 0.247 e. The van der Waals surface area contributed by atoms with Crippen LogP contribution in [0.3, 0.4) is 0 Å². The van der Waals surface area contributed by atoms with E-state index in [0.717, 1.165) is 8.95 Å². The number of rotatable bonds is 2. The zero-order chi connectivity index (χ0) is 14.2. The van der Waals surface area contributed by atoms with Gasteiger partial charge in [-0.3, -0.25) is 14.5 Å². The number of hydrogen-bond acceptors (Lipinski definition) is 2. The number of halogens is 2. The summed E-state index contributed by atoms with van der Waals surface area (Å²) in [5.41, 5.74) is 0.716. The van der Waals surface area contributed by atoms with E-state index in [4.69, 9.17) is 0 Å².